The van der Waals surface area contributed by atoms with E-state index in [-0.39, 0.29) is 5.78 Å². The van der Waals surface area contributed by atoms with Crippen molar-refractivity contribution in [1.82, 2.24) is 19.6 Å². The number of nitrogens with zero attached hydrogens (tertiary/aromatic N) is 4. The van der Waals surface area contributed by atoms with Crippen LogP contribution in [0.2, 0.25) is 0 Å². The van der Waals surface area contributed by atoms with Crippen LogP contribution in [0.3, 0.4) is 0 Å². The number of hydrogen-bond donors (Lipinski definition) is 0. The molecule has 2 rings (SSSR count). The molecule has 2 heterocycles. The van der Waals surface area contributed by atoms with Crippen LogP contribution < -0.4 is 0 Å². The molecular weight excluding hydrogens is 233 g/mol. The minimum atomic E-state index is -4.54. The number of fused-ring (bicyclic) bond motifs is 1. The lowest BCUT2D eigenvalue weighted by Gasteiger charge is -2.07. The average molecular weight is 244 g/mol. The first-order chi connectivity index (χ1) is 7.84. The van der Waals surface area contributed by atoms with Gasteiger partial charge in [0.1, 0.15) is 0 Å². The van der Waals surface area contributed by atoms with Crippen LogP contribution in [-0.4, -0.2) is 19.6 Å². The molecule has 0 spiro atoms. The van der Waals surface area contributed by atoms with E-state index in [1.165, 1.54) is 0 Å². The van der Waals surface area contributed by atoms with Gasteiger partial charge in [-0.1, -0.05) is 6.92 Å². The van der Waals surface area contributed by atoms with Crippen LogP contribution in [-0.2, 0) is 12.6 Å². The number of aromatic nitrogens is 4. The van der Waals surface area contributed by atoms with Gasteiger partial charge < -0.3 is 0 Å². The Labute approximate surface area is 95.5 Å². The van der Waals surface area contributed by atoms with Gasteiger partial charge in [-0.3, -0.25) is 0 Å². The quantitative estimate of drug-likeness (QED) is 0.773. The zero-order chi connectivity index (χ0) is 12.8. The fraction of sp³-hybridized carbons (Fsp3) is 0.500. The molecule has 0 amide bonds. The summed E-state index contributed by atoms with van der Waals surface area (Å²) in [5.74, 6) is -1.16. The molecule has 0 aliphatic rings. The van der Waals surface area contributed by atoms with E-state index in [1.54, 1.807) is 13.8 Å². The fourth-order valence-corrected chi connectivity index (χ4v) is 1.84. The lowest BCUT2D eigenvalue weighted by Crippen LogP contribution is -2.08. The van der Waals surface area contributed by atoms with Crippen LogP contribution in [0.5, 0.6) is 0 Å². The third-order valence-corrected chi connectivity index (χ3v) is 2.66. The summed E-state index contributed by atoms with van der Waals surface area (Å²) in [6.07, 6.45) is -3.84. The largest absolute Gasteiger partial charge is 0.453 e. The first-order valence-corrected chi connectivity index (χ1v) is 5.14. The SMILES string of the molecule is CCc1c(C)nc2nc(C(F)(F)F)nn2c1C. The predicted octanol–water partition coefficient (Wildman–Crippen LogP) is 2.32. The van der Waals surface area contributed by atoms with E-state index < -0.39 is 12.0 Å². The van der Waals surface area contributed by atoms with Crippen molar-refractivity contribution in [3.63, 3.8) is 0 Å². The molecule has 2 aromatic heterocycles. The molecule has 92 valence electrons. The van der Waals surface area contributed by atoms with Crippen molar-refractivity contribution < 1.29 is 13.2 Å². The number of rotatable bonds is 1. The average Bonchev–Trinajstić information content (AvgIpc) is 2.61. The Morgan fingerprint density at radius 2 is 1.82 bits per heavy atom. The monoisotopic (exact) mass is 244 g/mol. The summed E-state index contributed by atoms with van der Waals surface area (Å²) in [5, 5.41) is 3.45. The van der Waals surface area contributed by atoms with Crippen molar-refractivity contribution in [3.05, 3.63) is 22.8 Å². The smallest absolute Gasteiger partial charge is 0.216 e. The maximum atomic E-state index is 12.5. The van der Waals surface area contributed by atoms with Crippen LogP contribution in [0, 0.1) is 13.8 Å². The highest BCUT2D eigenvalue weighted by molar-refractivity contribution is 5.37. The molecule has 0 aromatic carbocycles. The van der Waals surface area contributed by atoms with E-state index in [1.807, 2.05) is 6.92 Å². The molecule has 17 heavy (non-hydrogen) atoms. The highest BCUT2D eigenvalue weighted by atomic mass is 19.4. The van der Waals surface area contributed by atoms with Gasteiger partial charge in [-0.25, -0.2) is 9.50 Å². The second-order valence-electron chi connectivity index (χ2n) is 3.76. The van der Waals surface area contributed by atoms with Gasteiger partial charge in [0.05, 0.1) is 0 Å². The van der Waals surface area contributed by atoms with E-state index in [4.69, 9.17) is 0 Å². The van der Waals surface area contributed by atoms with Crippen LogP contribution in [0.4, 0.5) is 13.2 Å². The lowest BCUT2D eigenvalue weighted by molar-refractivity contribution is -0.144. The van der Waals surface area contributed by atoms with E-state index in [2.05, 4.69) is 15.1 Å². The molecule has 0 N–H and O–H groups in total. The van der Waals surface area contributed by atoms with Gasteiger partial charge in [0.15, 0.2) is 0 Å². The predicted molar refractivity (Wildman–Crippen MR) is 54.6 cm³/mol. The van der Waals surface area contributed by atoms with Crippen molar-refractivity contribution in [2.75, 3.05) is 0 Å². The molecule has 0 radical (unpaired) electrons. The highest BCUT2D eigenvalue weighted by Gasteiger charge is 2.36. The summed E-state index contributed by atoms with van der Waals surface area (Å²) in [6.45, 7) is 5.40. The van der Waals surface area contributed by atoms with Crippen LogP contribution in [0.15, 0.2) is 0 Å². The second-order valence-corrected chi connectivity index (χ2v) is 3.76. The normalized spacial score (nSPS) is 12.4. The van der Waals surface area contributed by atoms with Crippen molar-refractivity contribution in [1.29, 1.82) is 0 Å². The van der Waals surface area contributed by atoms with Gasteiger partial charge >= 0.3 is 6.18 Å². The number of alkyl halides is 3. The molecule has 0 atom stereocenters. The minimum Gasteiger partial charge on any atom is -0.216 e. The molecule has 0 fully saturated rings. The molecule has 4 nitrogen and oxygen atoms in total. The summed E-state index contributed by atoms with van der Waals surface area (Å²) in [6, 6.07) is 0. The molecule has 2 aromatic rings. The van der Waals surface area contributed by atoms with E-state index in [0.717, 1.165) is 10.1 Å². The number of halogens is 3. The van der Waals surface area contributed by atoms with Gasteiger partial charge in [-0.05, 0) is 25.8 Å². The summed E-state index contributed by atoms with van der Waals surface area (Å²) < 4.78 is 38.6. The maximum Gasteiger partial charge on any atom is 0.453 e. The Hall–Kier alpha value is -1.66. The van der Waals surface area contributed by atoms with Gasteiger partial charge in [0.25, 0.3) is 11.6 Å². The molecule has 0 bridgehead atoms. The first-order valence-electron chi connectivity index (χ1n) is 5.14. The summed E-state index contributed by atoms with van der Waals surface area (Å²) >= 11 is 0. The first kappa shape index (κ1) is 11.8. The molecule has 7 heteroatoms. The summed E-state index contributed by atoms with van der Waals surface area (Å²) in [5.41, 5.74) is 2.24. The minimum absolute atomic E-state index is 0.00970. The van der Waals surface area contributed by atoms with Gasteiger partial charge in [0, 0.05) is 11.4 Å². The molecule has 0 unspecified atom stereocenters. The number of aryl methyl sites for hydroxylation is 2. The molecule has 0 aliphatic heterocycles. The van der Waals surface area contributed by atoms with E-state index >= 15 is 0 Å². The lowest BCUT2D eigenvalue weighted by atomic mass is 10.1. The number of hydrogen-bond acceptors (Lipinski definition) is 3. The second kappa shape index (κ2) is 3.68. The Balaban J connectivity index is 2.74. The van der Waals surface area contributed by atoms with Crippen LogP contribution >= 0.6 is 0 Å². The zero-order valence-corrected chi connectivity index (χ0v) is 9.63. The summed E-state index contributed by atoms with van der Waals surface area (Å²) in [4.78, 5) is 7.43. The Bertz CT molecular complexity index is 571. The van der Waals surface area contributed by atoms with Gasteiger partial charge in [0.2, 0.25) is 0 Å². The standard InChI is InChI=1S/C10H11F3N4/c1-4-7-5(2)14-9-15-8(10(11,12)13)16-17(9)6(7)3/h4H2,1-3H3. The van der Waals surface area contributed by atoms with Crippen LogP contribution in [0.25, 0.3) is 5.78 Å². The maximum absolute atomic E-state index is 12.5. The fourth-order valence-electron chi connectivity index (χ4n) is 1.84. The van der Waals surface area contributed by atoms with Crippen LogP contribution in [0.1, 0.15) is 29.7 Å². The molecule has 0 saturated heterocycles. The third kappa shape index (κ3) is 1.85. The van der Waals surface area contributed by atoms with Gasteiger partial charge in [-0.2, -0.15) is 18.2 Å². The Morgan fingerprint density at radius 3 is 2.35 bits per heavy atom. The molecule has 0 aliphatic carbocycles. The van der Waals surface area contributed by atoms with Crippen molar-refractivity contribution >= 4 is 5.78 Å². The van der Waals surface area contributed by atoms with Crippen molar-refractivity contribution in [2.24, 2.45) is 0 Å². The van der Waals surface area contributed by atoms with E-state index in [9.17, 15) is 13.2 Å². The summed E-state index contributed by atoms with van der Waals surface area (Å²) in [7, 11) is 0. The molecular formula is C10H11F3N4. The Morgan fingerprint density at radius 1 is 1.18 bits per heavy atom. The third-order valence-electron chi connectivity index (χ3n) is 2.66. The topological polar surface area (TPSA) is 43.1 Å². The zero-order valence-electron chi connectivity index (χ0n) is 9.63. The molecule has 0 saturated carbocycles. The highest BCUT2D eigenvalue weighted by Crippen LogP contribution is 2.27. The van der Waals surface area contributed by atoms with Crippen molar-refractivity contribution in [2.45, 2.75) is 33.4 Å². The van der Waals surface area contributed by atoms with Gasteiger partial charge in [-0.15, -0.1) is 5.10 Å². The van der Waals surface area contributed by atoms with Crippen molar-refractivity contribution in [3.8, 4) is 0 Å². The van der Waals surface area contributed by atoms with E-state index in [0.29, 0.717) is 17.8 Å². The Kier molecular flexibility index (Phi) is 2.56.